The zero-order valence-electron chi connectivity index (χ0n) is 19.8. The quantitative estimate of drug-likeness (QED) is 0.617. The van der Waals surface area contributed by atoms with Gasteiger partial charge < -0.3 is 14.7 Å². The minimum Gasteiger partial charge on any atom is -0.352 e. The summed E-state index contributed by atoms with van der Waals surface area (Å²) >= 11 is 0. The first-order valence-electron chi connectivity index (χ1n) is 12.2. The van der Waals surface area contributed by atoms with Crippen molar-refractivity contribution in [2.24, 2.45) is 11.8 Å². The fraction of sp³-hybridized carbons (Fsp3) is 0.538. The third-order valence-corrected chi connectivity index (χ3v) is 6.74. The molecular weight excluding hydrogens is 414 g/mol. The SMILES string of the molecule is CC(C)CCN(CC(=O)N1CCN(c2ccc(-c3ccccc3)nn2)CC1)C(=O)C1CCC1. The molecule has 0 bridgehead atoms. The van der Waals surface area contributed by atoms with E-state index >= 15 is 0 Å². The van der Waals surface area contributed by atoms with Crippen molar-refractivity contribution < 1.29 is 9.59 Å². The third-order valence-electron chi connectivity index (χ3n) is 6.74. The molecule has 0 radical (unpaired) electrons. The number of anilines is 1. The molecule has 2 heterocycles. The number of nitrogens with zero attached hydrogens (tertiary/aromatic N) is 5. The number of aromatic nitrogens is 2. The molecule has 1 aromatic heterocycles. The molecule has 0 atom stereocenters. The molecule has 0 unspecified atom stereocenters. The summed E-state index contributed by atoms with van der Waals surface area (Å²) in [5.74, 6) is 1.69. The van der Waals surface area contributed by atoms with Gasteiger partial charge in [-0.1, -0.05) is 50.6 Å². The monoisotopic (exact) mass is 449 g/mol. The van der Waals surface area contributed by atoms with E-state index < -0.39 is 0 Å². The Morgan fingerprint density at radius 3 is 2.30 bits per heavy atom. The van der Waals surface area contributed by atoms with E-state index in [1.807, 2.05) is 52.3 Å². The third kappa shape index (κ3) is 5.89. The number of rotatable bonds is 8. The minimum atomic E-state index is 0.0524. The molecule has 7 nitrogen and oxygen atoms in total. The largest absolute Gasteiger partial charge is 0.352 e. The molecule has 2 amide bonds. The highest BCUT2D eigenvalue weighted by Gasteiger charge is 2.32. The molecule has 0 N–H and O–H groups in total. The molecule has 0 spiro atoms. The van der Waals surface area contributed by atoms with Crippen LogP contribution in [0.5, 0.6) is 0 Å². The number of carbonyl (C=O) groups is 2. The van der Waals surface area contributed by atoms with Crippen molar-refractivity contribution >= 4 is 17.6 Å². The number of benzene rings is 1. The normalized spacial score (nSPS) is 16.6. The van der Waals surface area contributed by atoms with Gasteiger partial charge >= 0.3 is 0 Å². The summed E-state index contributed by atoms with van der Waals surface area (Å²) in [6.45, 7) is 7.88. The molecule has 2 fully saturated rings. The molecule has 4 rings (SSSR count). The first-order chi connectivity index (χ1) is 16.0. The van der Waals surface area contributed by atoms with E-state index in [0.29, 0.717) is 38.6 Å². The maximum absolute atomic E-state index is 13.0. The molecule has 176 valence electrons. The highest BCUT2D eigenvalue weighted by Crippen LogP contribution is 2.28. The number of hydrogen-bond acceptors (Lipinski definition) is 5. The van der Waals surface area contributed by atoms with Crippen LogP contribution in [0.15, 0.2) is 42.5 Å². The van der Waals surface area contributed by atoms with Gasteiger partial charge in [0.1, 0.15) is 0 Å². The molecule has 1 aliphatic carbocycles. The van der Waals surface area contributed by atoms with E-state index in [2.05, 4.69) is 28.9 Å². The Hall–Kier alpha value is -2.96. The Kier molecular flexibility index (Phi) is 7.57. The molecule has 1 aromatic carbocycles. The topological polar surface area (TPSA) is 69.6 Å². The van der Waals surface area contributed by atoms with Gasteiger partial charge in [-0.2, -0.15) is 0 Å². The van der Waals surface area contributed by atoms with Gasteiger partial charge in [-0.3, -0.25) is 9.59 Å². The van der Waals surface area contributed by atoms with Gasteiger partial charge in [0.05, 0.1) is 12.2 Å². The molecule has 33 heavy (non-hydrogen) atoms. The van der Waals surface area contributed by atoms with Crippen molar-refractivity contribution in [3.63, 3.8) is 0 Å². The lowest BCUT2D eigenvalue weighted by molar-refractivity contribution is -0.145. The van der Waals surface area contributed by atoms with Crippen molar-refractivity contribution in [2.45, 2.75) is 39.5 Å². The lowest BCUT2D eigenvalue weighted by Gasteiger charge is -2.37. The van der Waals surface area contributed by atoms with Crippen LogP contribution in [0.3, 0.4) is 0 Å². The zero-order chi connectivity index (χ0) is 23.2. The number of amides is 2. The molecule has 2 aromatic rings. The maximum Gasteiger partial charge on any atom is 0.242 e. The Bertz CT molecular complexity index is 919. The smallest absolute Gasteiger partial charge is 0.242 e. The van der Waals surface area contributed by atoms with Crippen molar-refractivity contribution in [3.05, 3.63) is 42.5 Å². The van der Waals surface area contributed by atoms with Gasteiger partial charge in [0.25, 0.3) is 0 Å². The Morgan fingerprint density at radius 2 is 1.73 bits per heavy atom. The molecular formula is C26H35N5O2. The van der Waals surface area contributed by atoms with Crippen LogP contribution >= 0.6 is 0 Å². The summed E-state index contributed by atoms with van der Waals surface area (Å²) in [5, 5.41) is 8.80. The Morgan fingerprint density at radius 1 is 1.00 bits per heavy atom. The van der Waals surface area contributed by atoms with Gasteiger partial charge in [-0.25, -0.2) is 0 Å². The van der Waals surface area contributed by atoms with Gasteiger partial charge in [0, 0.05) is 44.2 Å². The van der Waals surface area contributed by atoms with Crippen molar-refractivity contribution in [1.29, 1.82) is 0 Å². The fourth-order valence-electron chi connectivity index (χ4n) is 4.30. The van der Waals surface area contributed by atoms with E-state index in [-0.39, 0.29) is 24.3 Å². The van der Waals surface area contributed by atoms with Crippen LogP contribution in [0.4, 0.5) is 5.82 Å². The molecule has 2 aliphatic rings. The van der Waals surface area contributed by atoms with E-state index in [1.165, 1.54) is 0 Å². The van der Waals surface area contributed by atoms with Crippen molar-refractivity contribution in [3.8, 4) is 11.3 Å². The Labute approximate surface area is 196 Å². The number of piperazine rings is 1. The summed E-state index contributed by atoms with van der Waals surface area (Å²) in [6.07, 6.45) is 3.98. The summed E-state index contributed by atoms with van der Waals surface area (Å²) in [7, 11) is 0. The van der Waals surface area contributed by atoms with Gasteiger partial charge in [-0.15, -0.1) is 10.2 Å². The second-order valence-corrected chi connectivity index (χ2v) is 9.58. The van der Waals surface area contributed by atoms with Gasteiger partial charge in [-0.05, 0) is 37.3 Å². The van der Waals surface area contributed by atoms with E-state index in [9.17, 15) is 9.59 Å². The standard InChI is InChI=1S/C26H35N5O2/c1-20(2)13-14-31(26(33)22-9-6-10-22)19-25(32)30-17-15-29(16-18-30)24-12-11-23(27-28-24)21-7-4-3-5-8-21/h3-5,7-8,11-12,20,22H,6,9-10,13-19H2,1-2H3. The lowest BCUT2D eigenvalue weighted by Crippen LogP contribution is -2.53. The molecule has 1 saturated carbocycles. The van der Waals surface area contributed by atoms with Crippen LogP contribution in [0.1, 0.15) is 39.5 Å². The average Bonchev–Trinajstić information content (AvgIpc) is 2.81. The molecule has 7 heteroatoms. The van der Waals surface area contributed by atoms with Crippen LogP contribution in [0, 0.1) is 11.8 Å². The second-order valence-electron chi connectivity index (χ2n) is 9.58. The average molecular weight is 450 g/mol. The molecule has 1 saturated heterocycles. The lowest BCUT2D eigenvalue weighted by atomic mass is 9.84. The predicted octanol–water partition coefficient (Wildman–Crippen LogP) is 3.47. The Balaban J connectivity index is 1.30. The van der Waals surface area contributed by atoms with Crippen LogP contribution in [0.2, 0.25) is 0 Å². The van der Waals surface area contributed by atoms with Crippen molar-refractivity contribution in [2.75, 3.05) is 44.2 Å². The van der Waals surface area contributed by atoms with E-state index in [0.717, 1.165) is 42.8 Å². The first-order valence-corrected chi connectivity index (χ1v) is 12.2. The zero-order valence-corrected chi connectivity index (χ0v) is 19.8. The summed E-state index contributed by atoms with van der Waals surface area (Å²) in [4.78, 5) is 31.7. The van der Waals surface area contributed by atoms with Gasteiger partial charge in [0.15, 0.2) is 5.82 Å². The highest BCUT2D eigenvalue weighted by atomic mass is 16.2. The summed E-state index contributed by atoms with van der Waals surface area (Å²) in [5.41, 5.74) is 1.90. The van der Waals surface area contributed by atoms with Crippen LogP contribution in [-0.4, -0.2) is 71.1 Å². The number of carbonyl (C=O) groups excluding carboxylic acids is 2. The second kappa shape index (κ2) is 10.8. The summed E-state index contributed by atoms with van der Waals surface area (Å²) in [6, 6.07) is 14.0. The summed E-state index contributed by atoms with van der Waals surface area (Å²) < 4.78 is 0. The first kappa shape index (κ1) is 23.2. The maximum atomic E-state index is 13.0. The molecule has 1 aliphatic heterocycles. The predicted molar refractivity (Wildman–Crippen MR) is 130 cm³/mol. The van der Waals surface area contributed by atoms with E-state index in [4.69, 9.17) is 0 Å². The fourth-order valence-corrected chi connectivity index (χ4v) is 4.30. The van der Waals surface area contributed by atoms with Crippen LogP contribution in [0.25, 0.3) is 11.3 Å². The van der Waals surface area contributed by atoms with Gasteiger partial charge in [0.2, 0.25) is 11.8 Å². The minimum absolute atomic E-state index is 0.0524. The van der Waals surface area contributed by atoms with Crippen molar-refractivity contribution in [1.82, 2.24) is 20.0 Å². The van der Waals surface area contributed by atoms with Crippen LogP contribution < -0.4 is 4.90 Å². The highest BCUT2D eigenvalue weighted by molar-refractivity contribution is 5.86. The number of hydrogen-bond donors (Lipinski definition) is 0. The van der Waals surface area contributed by atoms with Crippen LogP contribution in [-0.2, 0) is 9.59 Å². The van der Waals surface area contributed by atoms with E-state index in [1.54, 1.807) is 0 Å².